The van der Waals surface area contributed by atoms with Gasteiger partial charge >= 0.3 is 39.5 Å². The van der Waals surface area contributed by atoms with Gasteiger partial charge in [0.05, 0.1) is 26.4 Å². The minimum absolute atomic E-state index is 0.106. The molecular weight excluding hydrogens is 1230 g/mol. The van der Waals surface area contributed by atoms with Gasteiger partial charge in [0, 0.05) is 25.7 Å². The Morgan fingerprint density at radius 3 is 0.723 bits per heavy atom. The van der Waals surface area contributed by atoms with Crippen LogP contribution in [0, 0.1) is 11.8 Å². The summed E-state index contributed by atoms with van der Waals surface area (Å²) in [5.41, 5.74) is 0. The molecule has 0 saturated carbocycles. The van der Waals surface area contributed by atoms with Gasteiger partial charge in [-0.25, -0.2) is 9.13 Å². The lowest BCUT2D eigenvalue weighted by Gasteiger charge is -2.21. The maximum Gasteiger partial charge on any atom is 0.472 e. The van der Waals surface area contributed by atoms with E-state index in [1.54, 1.807) is 0 Å². The zero-order chi connectivity index (χ0) is 69.3. The summed E-state index contributed by atoms with van der Waals surface area (Å²) in [6.07, 6.45) is 54.0. The highest BCUT2D eigenvalue weighted by molar-refractivity contribution is 7.47. The number of esters is 4. The van der Waals surface area contributed by atoms with Gasteiger partial charge in [-0.05, 0) is 37.5 Å². The second-order valence-electron chi connectivity index (χ2n) is 28.0. The van der Waals surface area contributed by atoms with Gasteiger partial charge in [0.1, 0.15) is 19.3 Å². The zero-order valence-corrected chi connectivity index (χ0v) is 63.1. The van der Waals surface area contributed by atoms with Crippen molar-refractivity contribution in [1.29, 1.82) is 0 Å². The number of rotatable bonds is 74. The molecule has 0 spiro atoms. The predicted molar refractivity (Wildman–Crippen MR) is 381 cm³/mol. The smallest absolute Gasteiger partial charge is 0.462 e. The van der Waals surface area contributed by atoms with Crippen molar-refractivity contribution in [3.05, 3.63) is 0 Å². The van der Waals surface area contributed by atoms with Crippen LogP contribution in [-0.4, -0.2) is 96.7 Å². The first-order valence-electron chi connectivity index (χ1n) is 39.0. The Morgan fingerprint density at radius 2 is 0.489 bits per heavy atom. The summed E-state index contributed by atoms with van der Waals surface area (Å²) < 4.78 is 68.5. The molecule has 0 aliphatic heterocycles. The fourth-order valence-electron chi connectivity index (χ4n) is 11.5. The Morgan fingerprint density at radius 1 is 0.287 bits per heavy atom. The van der Waals surface area contributed by atoms with E-state index in [0.29, 0.717) is 25.7 Å². The van der Waals surface area contributed by atoms with E-state index < -0.39 is 97.5 Å². The van der Waals surface area contributed by atoms with Gasteiger partial charge < -0.3 is 33.8 Å². The van der Waals surface area contributed by atoms with E-state index in [2.05, 4.69) is 41.5 Å². The Kier molecular flexibility index (Phi) is 65.5. The molecule has 0 fully saturated rings. The third kappa shape index (κ3) is 68.6. The quantitative estimate of drug-likeness (QED) is 0.0222. The number of phosphoric acid groups is 2. The maximum atomic E-state index is 13.1. The molecule has 0 bridgehead atoms. The van der Waals surface area contributed by atoms with Gasteiger partial charge in [0.15, 0.2) is 12.2 Å². The Hall–Kier alpha value is -1.94. The second kappa shape index (κ2) is 66.9. The van der Waals surface area contributed by atoms with E-state index in [0.717, 1.165) is 102 Å². The highest BCUT2D eigenvalue weighted by atomic mass is 31.2. The monoisotopic (exact) mass is 1380 g/mol. The molecule has 94 heavy (non-hydrogen) atoms. The van der Waals surface area contributed by atoms with Crippen molar-refractivity contribution >= 4 is 39.5 Å². The number of hydrogen-bond acceptors (Lipinski definition) is 15. The van der Waals surface area contributed by atoms with Crippen LogP contribution < -0.4 is 0 Å². The maximum absolute atomic E-state index is 13.1. The van der Waals surface area contributed by atoms with Crippen molar-refractivity contribution in [2.45, 2.75) is 407 Å². The number of aliphatic hydroxyl groups excluding tert-OH is 1. The molecule has 0 amide bonds. The molecule has 19 heteroatoms. The van der Waals surface area contributed by atoms with Gasteiger partial charge in [-0.3, -0.25) is 37.3 Å². The molecule has 558 valence electrons. The molecule has 0 aliphatic rings. The van der Waals surface area contributed by atoms with Crippen LogP contribution in [0.3, 0.4) is 0 Å². The normalized spacial score (nSPS) is 14.0. The molecule has 0 aliphatic carbocycles. The number of ether oxygens (including phenoxy) is 4. The van der Waals surface area contributed by atoms with E-state index >= 15 is 0 Å². The standard InChI is InChI=1S/C75H146O17P2/c1-7-9-11-13-15-17-19-20-21-24-28-34-40-46-52-58-73(78)86-63-70(91-74(79)59-53-47-41-35-29-25-22-23-27-31-37-43-49-55-67(3)4)65-89-93(81,82)87-61-69(76)62-88-94(83,84)90-66-71(64-85-72(77)57-51-45-39-33-26-18-16-14-12-10-8-2)92-75(80)60-54-48-42-36-30-32-38-44-50-56-68(5)6/h67-71,76H,7-66H2,1-6H3,(H,81,82)(H,83,84)/t69-,70-,71-/m1/s1. The van der Waals surface area contributed by atoms with E-state index in [4.69, 9.17) is 37.0 Å². The highest BCUT2D eigenvalue weighted by Crippen LogP contribution is 2.45. The Labute approximate surface area is 575 Å². The van der Waals surface area contributed by atoms with E-state index in [9.17, 15) is 43.2 Å². The third-order valence-electron chi connectivity index (χ3n) is 17.5. The molecule has 17 nitrogen and oxygen atoms in total. The Bertz CT molecular complexity index is 1820. The van der Waals surface area contributed by atoms with Crippen molar-refractivity contribution in [2.24, 2.45) is 11.8 Å². The molecule has 3 N–H and O–H groups in total. The van der Waals surface area contributed by atoms with Crippen molar-refractivity contribution in [3.8, 4) is 0 Å². The number of hydrogen-bond donors (Lipinski definition) is 3. The molecule has 0 aromatic rings. The number of aliphatic hydroxyl groups is 1. The van der Waals surface area contributed by atoms with E-state index in [1.165, 1.54) is 205 Å². The highest BCUT2D eigenvalue weighted by Gasteiger charge is 2.30. The third-order valence-corrected chi connectivity index (χ3v) is 19.4. The molecule has 0 saturated heterocycles. The number of carbonyl (C=O) groups excluding carboxylic acids is 4. The van der Waals surface area contributed by atoms with E-state index in [-0.39, 0.29) is 25.7 Å². The lowest BCUT2D eigenvalue weighted by atomic mass is 10.0. The minimum atomic E-state index is -4.96. The van der Waals surface area contributed by atoms with Crippen molar-refractivity contribution in [1.82, 2.24) is 0 Å². The topological polar surface area (TPSA) is 237 Å². The predicted octanol–water partition coefficient (Wildman–Crippen LogP) is 21.9. The van der Waals surface area contributed by atoms with Gasteiger partial charge in [0.25, 0.3) is 0 Å². The van der Waals surface area contributed by atoms with Crippen LogP contribution in [0.4, 0.5) is 0 Å². The van der Waals surface area contributed by atoms with Crippen molar-refractivity contribution < 1.29 is 80.2 Å². The lowest BCUT2D eigenvalue weighted by molar-refractivity contribution is -0.161. The zero-order valence-electron chi connectivity index (χ0n) is 61.3. The molecule has 0 aromatic carbocycles. The average molecular weight is 1380 g/mol. The van der Waals surface area contributed by atoms with Gasteiger partial charge in [-0.15, -0.1) is 0 Å². The summed E-state index contributed by atoms with van der Waals surface area (Å²) in [7, 11) is -9.91. The summed E-state index contributed by atoms with van der Waals surface area (Å²) in [5, 5.41) is 10.6. The van der Waals surface area contributed by atoms with Crippen LogP contribution in [0.15, 0.2) is 0 Å². The van der Waals surface area contributed by atoms with Crippen LogP contribution in [-0.2, 0) is 65.4 Å². The van der Waals surface area contributed by atoms with Gasteiger partial charge in [-0.1, -0.05) is 337 Å². The summed E-state index contributed by atoms with van der Waals surface area (Å²) in [6.45, 7) is 9.58. The number of unbranched alkanes of at least 4 members (excludes halogenated alkanes) is 44. The molecule has 0 rings (SSSR count). The summed E-state index contributed by atoms with van der Waals surface area (Å²) in [5.74, 6) is -0.592. The molecular formula is C75H146O17P2. The largest absolute Gasteiger partial charge is 0.472 e. The fourth-order valence-corrected chi connectivity index (χ4v) is 13.1. The first-order valence-corrected chi connectivity index (χ1v) is 42.0. The molecule has 0 aromatic heterocycles. The van der Waals surface area contributed by atoms with Crippen LogP contribution >= 0.6 is 15.6 Å². The summed E-state index contributed by atoms with van der Waals surface area (Å²) >= 11 is 0. The van der Waals surface area contributed by atoms with Crippen LogP contribution in [0.1, 0.15) is 388 Å². The first kappa shape index (κ1) is 92.1. The second-order valence-corrected chi connectivity index (χ2v) is 30.9. The van der Waals surface area contributed by atoms with Crippen molar-refractivity contribution in [3.63, 3.8) is 0 Å². The van der Waals surface area contributed by atoms with Crippen LogP contribution in [0.25, 0.3) is 0 Å². The van der Waals surface area contributed by atoms with Crippen LogP contribution in [0.2, 0.25) is 0 Å². The number of phosphoric ester groups is 2. The fraction of sp³-hybridized carbons (Fsp3) is 0.947. The number of carbonyl (C=O) groups is 4. The summed E-state index contributed by atoms with van der Waals surface area (Å²) in [6, 6.07) is 0. The van der Waals surface area contributed by atoms with Gasteiger partial charge in [-0.2, -0.15) is 0 Å². The molecule has 5 atom stereocenters. The molecule has 0 radical (unpaired) electrons. The van der Waals surface area contributed by atoms with Crippen molar-refractivity contribution in [2.75, 3.05) is 39.6 Å². The molecule has 2 unspecified atom stereocenters. The average Bonchev–Trinajstić information content (AvgIpc) is 1.33. The molecule has 0 heterocycles. The van der Waals surface area contributed by atoms with E-state index in [1.807, 2.05) is 0 Å². The van der Waals surface area contributed by atoms with Crippen LogP contribution in [0.5, 0.6) is 0 Å². The van der Waals surface area contributed by atoms with Gasteiger partial charge in [0.2, 0.25) is 0 Å². The lowest BCUT2D eigenvalue weighted by Crippen LogP contribution is -2.30. The minimum Gasteiger partial charge on any atom is -0.462 e. The Balaban J connectivity index is 5.25. The summed E-state index contributed by atoms with van der Waals surface area (Å²) in [4.78, 5) is 72.8. The SMILES string of the molecule is CCCCCCCCCCCCCCCCCC(=O)OC[C@H](COP(=O)(O)OC[C@@H](O)COP(=O)(O)OC[C@@H](COC(=O)CCCCCCCCCCCCC)OC(=O)CCCCCCCCCCCC(C)C)OC(=O)CCCCCCCCCCCCCCCC(C)C. The first-order chi connectivity index (χ1) is 45.4.